The SMILES string of the molecule is COCCN1C[C@H](C(=O)c2cccc(O)c2)[C@@H](c2cccc(F)c2C)[C@H](N(CC(=O)O)C(C)=O)C1. The van der Waals surface area contributed by atoms with Gasteiger partial charge >= 0.3 is 5.97 Å². The zero-order valence-corrected chi connectivity index (χ0v) is 20.1. The second-order valence-corrected chi connectivity index (χ2v) is 8.86. The number of ether oxygens (including phenoxy) is 1. The second-order valence-electron chi connectivity index (χ2n) is 8.86. The van der Waals surface area contributed by atoms with Crippen LogP contribution in [0, 0.1) is 18.7 Å². The van der Waals surface area contributed by atoms with Gasteiger partial charge in [-0.3, -0.25) is 19.3 Å². The fourth-order valence-corrected chi connectivity index (χ4v) is 4.94. The third kappa shape index (κ3) is 6.04. The van der Waals surface area contributed by atoms with Crippen LogP contribution in [0.2, 0.25) is 0 Å². The first-order valence-corrected chi connectivity index (χ1v) is 11.4. The summed E-state index contributed by atoms with van der Waals surface area (Å²) in [7, 11) is 1.56. The van der Waals surface area contributed by atoms with Gasteiger partial charge in [0.15, 0.2) is 5.78 Å². The van der Waals surface area contributed by atoms with Gasteiger partial charge in [-0.25, -0.2) is 4.39 Å². The van der Waals surface area contributed by atoms with E-state index in [-0.39, 0.29) is 17.1 Å². The predicted molar refractivity (Wildman–Crippen MR) is 127 cm³/mol. The minimum atomic E-state index is -1.18. The summed E-state index contributed by atoms with van der Waals surface area (Å²) in [6.45, 7) is 3.79. The molecule has 0 aliphatic carbocycles. The maximum Gasteiger partial charge on any atom is 0.323 e. The number of hydrogen-bond acceptors (Lipinski definition) is 6. The minimum Gasteiger partial charge on any atom is -0.508 e. The predicted octanol–water partition coefficient (Wildman–Crippen LogP) is 2.69. The van der Waals surface area contributed by atoms with Gasteiger partial charge in [0.1, 0.15) is 18.1 Å². The molecule has 0 unspecified atom stereocenters. The Balaban J connectivity index is 2.18. The maximum absolute atomic E-state index is 14.7. The number of aromatic hydroxyl groups is 1. The number of amides is 1. The Morgan fingerprint density at radius 2 is 1.89 bits per heavy atom. The number of Topliss-reactive ketones (excluding diaryl/α,β-unsaturated/α-hetero) is 1. The van der Waals surface area contributed by atoms with Crippen molar-refractivity contribution >= 4 is 17.7 Å². The molecule has 35 heavy (non-hydrogen) atoms. The number of ketones is 1. The van der Waals surface area contributed by atoms with Gasteiger partial charge in [0.25, 0.3) is 0 Å². The van der Waals surface area contributed by atoms with Crippen molar-refractivity contribution in [2.45, 2.75) is 25.8 Å². The summed E-state index contributed by atoms with van der Waals surface area (Å²) in [5.41, 5.74) is 1.19. The van der Waals surface area contributed by atoms with Crippen LogP contribution in [-0.2, 0) is 14.3 Å². The van der Waals surface area contributed by atoms with E-state index in [1.807, 2.05) is 4.90 Å². The standard InChI is InChI=1S/C26H31FN2O6/c1-16-20(8-5-9-22(16)27)25-21(26(34)18-6-4-7-19(31)12-18)13-28(10-11-35-3)14-23(25)29(17(2)30)15-24(32)33/h4-9,12,21,23,25,31H,10-11,13-15H2,1-3H3,(H,32,33)/t21-,23+,25+/m0/s1. The maximum atomic E-state index is 14.7. The number of aliphatic carboxylic acids is 1. The lowest BCUT2D eigenvalue weighted by molar-refractivity contribution is -0.146. The van der Waals surface area contributed by atoms with Gasteiger partial charge in [-0.2, -0.15) is 0 Å². The number of carbonyl (C=O) groups is 3. The molecule has 188 valence electrons. The van der Waals surface area contributed by atoms with Crippen molar-refractivity contribution in [1.29, 1.82) is 0 Å². The summed E-state index contributed by atoms with van der Waals surface area (Å²) in [6.07, 6.45) is 0. The number of phenols is 1. The van der Waals surface area contributed by atoms with Gasteiger partial charge in [-0.1, -0.05) is 24.3 Å². The van der Waals surface area contributed by atoms with Crippen LogP contribution in [0.15, 0.2) is 42.5 Å². The largest absolute Gasteiger partial charge is 0.508 e. The van der Waals surface area contributed by atoms with Crippen molar-refractivity contribution in [2.24, 2.45) is 5.92 Å². The molecule has 0 bridgehead atoms. The monoisotopic (exact) mass is 486 g/mol. The number of carboxylic acids is 1. The molecule has 0 saturated carbocycles. The lowest BCUT2D eigenvalue weighted by Crippen LogP contribution is -2.59. The lowest BCUT2D eigenvalue weighted by atomic mass is 9.72. The van der Waals surface area contributed by atoms with E-state index < -0.39 is 42.1 Å². The molecule has 1 heterocycles. The van der Waals surface area contributed by atoms with Gasteiger partial charge in [-0.05, 0) is 36.2 Å². The Kier molecular flexibility index (Phi) is 8.58. The molecule has 2 aromatic rings. The first-order chi connectivity index (χ1) is 16.6. The molecule has 1 amide bonds. The number of piperidine rings is 1. The minimum absolute atomic E-state index is 0.0609. The summed E-state index contributed by atoms with van der Waals surface area (Å²) < 4.78 is 19.9. The molecule has 1 fully saturated rings. The van der Waals surface area contributed by atoms with Crippen LogP contribution in [0.1, 0.15) is 34.3 Å². The van der Waals surface area contributed by atoms with E-state index in [0.29, 0.717) is 37.4 Å². The quantitative estimate of drug-likeness (QED) is 0.525. The van der Waals surface area contributed by atoms with E-state index in [1.165, 1.54) is 30.0 Å². The normalized spacial score (nSPS) is 20.4. The molecule has 9 heteroatoms. The summed E-state index contributed by atoms with van der Waals surface area (Å²) in [6, 6.07) is 9.90. The number of methoxy groups -OCH3 is 1. The van der Waals surface area contributed by atoms with Crippen LogP contribution < -0.4 is 0 Å². The number of nitrogens with zero attached hydrogens (tertiary/aromatic N) is 2. The van der Waals surface area contributed by atoms with Crippen molar-refractivity contribution in [3.8, 4) is 5.75 Å². The Morgan fingerprint density at radius 3 is 2.51 bits per heavy atom. The summed E-state index contributed by atoms with van der Waals surface area (Å²) in [5.74, 6) is -3.81. The van der Waals surface area contributed by atoms with Crippen LogP contribution in [0.25, 0.3) is 0 Å². The summed E-state index contributed by atoms with van der Waals surface area (Å²) >= 11 is 0. The van der Waals surface area contributed by atoms with Crippen molar-refractivity contribution < 1.29 is 33.7 Å². The average Bonchev–Trinajstić information content (AvgIpc) is 2.82. The van der Waals surface area contributed by atoms with E-state index in [9.17, 15) is 29.0 Å². The molecule has 0 aromatic heterocycles. The highest BCUT2D eigenvalue weighted by molar-refractivity contribution is 5.99. The number of rotatable bonds is 9. The zero-order valence-electron chi connectivity index (χ0n) is 20.1. The molecular weight excluding hydrogens is 455 g/mol. The molecule has 0 radical (unpaired) electrons. The Morgan fingerprint density at radius 1 is 1.17 bits per heavy atom. The molecule has 2 N–H and O–H groups in total. The Hall–Kier alpha value is -3.30. The molecule has 1 aliphatic heterocycles. The number of likely N-dealkylation sites (tertiary alicyclic amines) is 1. The summed E-state index contributed by atoms with van der Waals surface area (Å²) in [5, 5.41) is 19.5. The van der Waals surface area contributed by atoms with E-state index in [4.69, 9.17) is 4.74 Å². The number of phenolic OH excluding ortho intramolecular Hbond substituents is 1. The molecule has 8 nitrogen and oxygen atoms in total. The number of carbonyl (C=O) groups excluding carboxylic acids is 2. The fraction of sp³-hybridized carbons (Fsp3) is 0.423. The van der Waals surface area contributed by atoms with Crippen molar-refractivity contribution in [3.05, 3.63) is 65.0 Å². The zero-order chi connectivity index (χ0) is 25.7. The van der Waals surface area contributed by atoms with Crippen molar-refractivity contribution in [3.63, 3.8) is 0 Å². The van der Waals surface area contributed by atoms with Crippen LogP contribution in [0.4, 0.5) is 4.39 Å². The lowest BCUT2D eigenvalue weighted by Gasteiger charge is -2.47. The number of benzene rings is 2. The molecule has 0 spiro atoms. The molecule has 1 aliphatic rings. The Labute approximate surface area is 203 Å². The first kappa shape index (κ1) is 26.3. The number of hydrogen-bond donors (Lipinski definition) is 2. The molecule has 1 saturated heterocycles. The van der Waals surface area contributed by atoms with Crippen LogP contribution >= 0.6 is 0 Å². The van der Waals surface area contributed by atoms with E-state index in [1.54, 1.807) is 38.3 Å². The van der Waals surface area contributed by atoms with E-state index in [2.05, 4.69) is 0 Å². The van der Waals surface area contributed by atoms with E-state index in [0.717, 1.165) is 0 Å². The van der Waals surface area contributed by atoms with Crippen LogP contribution in [0.5, 0.6) is 5.75 Å². The molecule has 2 aromatic carbocycles. The third-order valence-corrected chi connectivity index (χ3v) is 6.61. The van der Waals surface area contributed by atoms with E-state index >= 15 is 0 Å². The topological polar surface area (TPSA) is 107 Å². The smallest absolute Gasteiger partial charge is 0.323 e. The van der Waals surface area contributed by atoms with Crippen LogP contribution in [0.3, 0.4) is 0 Å². The molecule has 3 atom stereocenters. The van der Waals surface area contributed by atoms with Crippen molar-refractivity contribution in [1.82, 2.24) is 9.80 Å². The highest BCUT2D eigenvalue weighted by atomic mass is 19.1. The number of halogens is 1. The molecular formula is C26H31FN2O6. The Bertz CT molecular complexity index is 1090. The molecule has 3 rings (SSSR count). The average molecular weight is 487 g/mol. The van der Waals surface area contributed by atoms with Gasteiger partial charge in [-0.15, -0.1) is 0 Å². The highest BCUT2D eigenvalue weighted by Crippen LogP contribution is 2.40. The van der Waals surface area contributed by atoms with Gasteiger partial charge in [0.2, 0.25) is 5.91 Å². The van der Waals surface area contributed by atoms with Gasteiger partial charge in [0.05, 0.1) is 12.6 Å². The highest BCUT2D eigenvalue weighted by Gasteiger charge is 2.45. The number of carboxylic acid groups (broad SMARTS) is 1. The van der Waals surface area contributed by atoms with Crippen molar-refractivity contribution in [2.75, 3.05) is 39.9 Å². The first-order valence-electron chi connectivity index (χ1n) is 11.4. The summed E-state index contributed by atoms with van der Waals surface area (Å²) in [4.78, 5) is 41.4. The fourth-order valence-electron chi connectivity index (χ4n) is 4.94. The third-order valence-electron chi connectivity index (χ3n) is 6.61. The second kappa shape index (κ2) is 11.4. The van der Waals surface area contributed by atoms with Gasteiger partial charge in [0, 0.05) is 51.1 Å². The van der Waals surface area contributed by atoms with Crippen LogP contribution in [-0.4, -0.2) is 83.6 Å². The van der Waals surface area contributed by atoms with Gasteiger partial charge < -0.3 is 19.8 Å².